The van der Waals surface area contributed by atoms with E-state index in [0.717, 1.165) is 89.9 Å². The fourth-order valence-electron chi connectivity index (χ4n) is 7.00. The number of hydrogen-bond acceptors (Lipinski definition) is 7. The molecule has 370 valence electrons. The predicted molar refractivity (Wildman–Crippen MR) is 275 cm³/mol. The van der Waals surface area contributed by atoms with E-state index in [1.165, 1.54) is 109 Å². The van der Waals surface area contributed by atoms with Gasteiger partial charge in [0.05, 0.1) is 19.8 Å². The van der Waals surface area contributed by atoms with Crippen molar-refractivity contribution in [1.29, 1.82) is 0 Å². The zero-order valence-electron chi connectivity index (χ0n) is 41.2. The number of allylic oxidation sites excluding steroid dienone is 14. The van der Waals surface area contributed by atoms with E-state index in [1.54, 1.807) is 0 Å². The van der Waals surface area contributed by atoms with Crippen LogP contribution in [0.1, 0.15) is 219 Å². The minimum atomic E-state index is -4.30. The highest BCUT2D eigenvalue weighted by molar-refractivity contribution is 7.47. The zero-order chi connectivity index (χ0) is 46.5. The monoisotopic (exact) mass is 916 g/mol. The highest BCUT2D eigenvalue weighted by Gasteiger charge is 2.25. The van der Waals surface area contributed by atoms with Crippen molar-refractivity contribution in [2.75, 3.05) is 33.0 Å². The van der Waals surface area contributed by atoms with Crippen molar-refractivity contribution in [3.63, 3.8) is 0 Å². The molecule has 3 N–H and O–H groups in total. The van der Waals surface area contributed by atoms with Crippen LogP contribution in [0.4, 0.5) is 0 Å². The molecule has 0 aromatic heterocycles. The van der Waals surface area contributed by atoms with Crippen LogP contribution in [-0.2, 0) is 27.9 Å². The molecule has 0 saturated heterocycles. The van der Waals surface area contributed by atoms with Crippen LogP contribution in [0.2, 0.25) is 0 Å². The van der Waals surface area contributed by atoms with Gasteiger partial charge in [0.1, 0.15) is 6.10 Å². The molecule has 0 saturated carbocycles. The lowest BCUT2D eigenvalue weighted by Crippen LogP contribution is -2.28. The topological polar surface area (TPSA) is 117 Å². The lowest BCUT2D eigenvalue weighted by Gasteiger charge is -2.20. The van der Waals surface area contributed by atoms with Crippen molar-refractivity contribution >= 4 is 13.8 Å². The predicted octanol–water partition coefficient (Wildman–Crippen LogP) is 16.4. The van der Waals surface area contributed by atoms with Gasteiger partial charge in [0.15, 0.2) is 0 Å². The first kappa shape index (κ1) is 61.7. The van der Waals surface area contributed by atoms with Gasteiger partial charge in [0, 0.05) is 19.6 Å². The van der Waals surface area contributed by atoms with E-state index in [9.17, 15) is 14.3 Å². The molecule has 0 spiro atoms. The highest BCUT2D eigenvalue weighted by atomic mass is 31.2. The molecule has 0 fully saturated rings. The van der Waals surface area contributed by atoms with Gasteiger partial charge in [0.2, 0.25) is 0 Å². The fraction of sp³-hybridized carbons (Fsp3) is 0.727. The molecule has 0 heterocycles. The number of phosphoric acid groups is 1. The first-order valence-corrected chi connectivity index (χ1v) is 27.6. The molecule has 64 heavy (non-hydrogen) atoms. The number of phosphoric ester groups is 1. The van der Waals surface area contributed by atoms with E-state index in [4.69, 9.17) is 24.3 Å². The van der Waals surface area contributed by atoms with Crippen molar-refractivity contribution in [1.82, 2.24) is 0 Å². The Hall–Kier alpha value is -2.32. The standard InChI is InChI=1S/C55H98NO7P/c1-3-5-7-9-11-13-15-17-19-21-23-25-26-27-28-29-30-32-34-36-38-40-42-44-46-48-55(57)63-54(53-62-64(58,59)61-51-49-56)52-60-50-47-45-43-41-39-37-35-33-31-24-22-20-18-16-14-12-10-8-6-4-2/h6,8,12,14-15,17-18,20-21,23-24,31,35,37,54H,3-5,7,9-11,13,16,19,22,25-30,32-34,36,38-53,56H2,1-2H3,(H,58,59)/b8-6-,14-12-,17-15-,20-18-,23-21-,31-24-,37-35-. The molecule has 8 nitrogen and oxygen atoms in total. The minimum Gasteiger partial charge on any atom is -0.457 e. The Morgan fingerprint density at radius 2 is 0.875 bits per heavy atom. The molecule has 0 amide bonds. The molecule has 0 aromatic carbocycles. The molecule has 0 rings (SSSR count). The van der Waals surface area contributed by atoms with Gasteiger partial charge in [-0.05, 0) is 89.9 Å². The fourth-order valence-corrected chi connectivity index (χ4v) is 7.76. The van der Waals surface area contributed by atoms with Gasteiger partial charge in [-0.3, -0.25) is 13.8 Å². The second kappa shape index (κ2) is 51.7. The summed E-state index contributed by atoms with van der Waals surface area (Å²) < 4.78 is 33.6. The second-order valence-electron chi connectivity index (χ2n) is 17.0. The largest absolute Gasteiger partial charge is 0.472 e. The molecule has 9 heteroatoms. The summed E-state index contributed by atoms with van der Waals surface area (Å²) in [4.78, 5) is 22.6. The molecule has 0 radical (unpaired) electrons. The first-order valence-electron chi connectivity index (χ1n) is 26.1. The number of ether oxygens (including phenoxy) is 2. The van der Waals surface area contributed by atoms with E-state index in [-0.39, 0.29) is 32.3 Å². The SMILES string of the molecule is CC/C=C\C/C=C\C/C=C\C/C=C\C/C=C\CCCCCCOCC(COP(=O)(O)OCCN)OC(=O)CCCCCCCCCCCCCCC/C=C\C/C=C\CCCCCCC. The van der Waals surface area contributed by atoms with Crippen LogP contribution in [0.5, 0.6) is 0 Å². The summed E-state index contributed by atoms with van der Waals surface area (Å²) >= 11 is 0. The van der Waals surface area contributed by atoms with Crippen LogP contribution < -0.4 is 5.73 Å². The summed E-state index contributed by atoms with van der Waals surface area (Å²) in [6, 6.07) is 0. The van der Waals surface area contributed by atoms with Crippen molar-refractivity contribution in [2.24, 2.45) is 5.73 Å². The van der Waals surface area contributed by atoms with Crippen molar-refractivity contribution in [2.45, 2.75) is 225 Å². The molecule has 2 atom stereocenters. The average Bonchev–Trinajstić information content (AvgIpc) is 3.29. The third-order valence-electron chi connectivity index (χ3n) is 10.8. The molecule has 0 aromatic rings. The molecule has 0 aliphatic heterocycles. The number of rotatable bonds is 49. The number of carbonyl (C=O) groups excluding carboxylic acids is 1. The quantitative estimate of drug-likeness (QED) is 0.0268. The number of carbonyl (C=O) groups is 1. The molecule has 2 unspecified atom stereocenters. The maximum absolute atomic E-state index is 12.7. The van der Waals surface area contributed by atoms with Crippen LogP contribution >= 0.6 is 7.82 Å². The first-order chi connectivity index (χ1) is 31.4. The second-order valence-corrected chi connectivity index (χ2v) is 18.5. The number of hydrogen-bond donors (Lipinski definition) is 2. The molecular formula is C55H98NO7P. The Labute approximate surface area is 394 Å². The van der Waals surface area contributed by atoms with Gasteiger partial charge in [-0.25, -0.2) is 4.57 Å². The summed E-state index contributed by atoms with van der Waals surface area (Å²) in [6.45, 7) is 4.74. The van der Waals surface area contributed by atoms with Crippen molar-refractivity contribution < 1.29 is 32.8 Å². The van der Waals surface area contributed by atoms with Crippen LogP contribution in [0.15, 0.2) is 85.1 Å². The van der Waals surface area contributed by atoms with Crippen molar-refractivity contribution in [3.8, 4) is 0 Å². The summed E-state index contributed by atoms with van der Waals surface area (Å²) in [6.07, 6.45) is 67.6. The van der Waals surface area contributed by atoms with Crippen LogP contribution in [0.3, 0.4) is 0 Å². The number of esters is 1. The molecular weight excluding hydrogens is 818 g/mol. The summed E-state index contributed by atoms with van der Waals surface area (Å²) in [7, 11) is -4.30. The third kappa shape index (κ3) is 50.7. The Kier molecular flexibility index (Phi) is 49.8. The van der Waals surface area contributed by atoms with Crippen LogP contribution in [0.25, 0.3) is 0 Å². The minimum absolute atomic E-state index is 0.0918. The smallest absolute Gasteiger partial charge is 0.457 e. The van der Waals surface area contributed by atoms with Crippen LogP contribution in [0, 0.1) is 0 Å². The average molecular weight is 916 g/mol. The van der Waals surface area contributed by atoms with Gasteiger partial charge in [0.25, 0.3) is 0 Å². The summed E-state index contributed by atoms with van der Waals surface area (Å²) in [5, 5.41) is 0. The molecule has 0 aliphatic rings. The van der Waals surface area contributed by atoms with Crippen LogP contribution in [-0.4, -0.2) is 49.9 Å². The van der Waals surface area contributed by atoms with E-state index < -0.39 is 13.9 Å². The van der Waals surface area contributed by atoms with Gasteiger partial charge >= 0.3 is 13.8 Å². The number of unbranched alkanes of at least 4 members (excludes halogenated alkanes) is 22. The number of nitrogens with two attached hydrogens (primary N) is 1. The Balaban J connectivity index is 3.98. The lowest BCUT2D eigenvalue weighted by atomic mass is 10.0. The lowest BCUT2D eigenvalue weighted by molar-refractivity contribution is -0.154. The van der Waals surface area contributed by atoms with E-state index in [1.807, 2.05) is 0 Å². The van der Waals surface area contributed by atoms with Gasteiger partial charge in [-0.2, -0.15) is 0 Å². The Bertz CT molecular complexity index is 1260. The highest BCUT2D eigenvalue weighted by Crippen LogP contribution is 2.43. The normalized spacial score (nSPS) is 14.0. The molecule has 0 aliphatic carbocycles. The van der Waals surface area contributed by atoms with Gasteiger partial charge < -0.3 is 20.1 Å². The van der Waals surface area contributed by atoms with Crippen molar-refractivity contribution in [3.05, 3.63) is 85.1 Å². The van der Waals surface area contributed by atoms with Gasteiger partial charge in [-0.15, -0.1) is 0 Å². The zero-order valence-corrected chi connectivity index (χ0v) is 42.1. The Morgan fingerprint density at radius 1 is 0.484 bits per heavy atom. The molecule has 0 bridgehead atoms. The van der Waals surface area contributed by atoms with E-state index >= 15 is 0 Å². The Morgan fingerprint density at radius 3 is 1.31 bits per heavy atom. The van der Waals surface area contributed by atoms with E-state index in [2.05, 4.69) is 98.9 Å². The van der Waals surface area contributed by atoms with E-state index in [0.29, 0.717) is 13.0 Å². The van der Waals surface area contributed by atoms with Gasteiger partial charge in [-0.1, -0.05) is 208 Å². The summed E-state index contributed by atoms with van der Waals surface area (Å²) in [5.41, 5.74) is 5.39. The maximum Gasteiger partial charge on any atom is 0.472 e. The third-order valence-corrected chi connectivity index (χ3v) is 11.8. The maximum atomic E-state index is 12.7. The summed E-state index contributed by atoms with van der Waals surface area (Å²) in [5.74, 6) is -0.342.